The van der Waals surface area contributed by atoms with Crippen molar-refractivity contribution in [3.05, 3.63) is 42.2 Å². The van der Waals surface area contributed by atoms with Gasteiger partial charge in [-0.25, -0.2) is 4.79 Å². The largest absolute Gasteiger partial charge is 0.489 e. The first-order chi connectivity index (χ1) is 9.74. The number of carbonyl (C=O) groups excluding carboxylic acids is 2. The summed E-state index contributed by atoms with van der Waals surface area (Å²) in [6.07, 6.45) is 5.48. The van der Waals surface area contributed by atoms with Gasteiger partial charge in [-0.05, 0) is 24.5 Å². The predicted molar refractivity (Wildman–Crippen MR) is 74.8 cm³/mol. The minimum atomic E-state index is -0.428. The molecule has 1 aliphatic rings. The Morgan fingerprint density at radius 3 is 2.85 bits per heavy atom. The maximum absolute atomic E-state index is 11.5. The summed E-state index contributed by atoms with van der Waals surface area (Å²) in [6, 6.07) is 9.65. The van der Waals surface area contributed by atoms with E-state index in [1.54, 1.807) is 6.08 Å². The molecule has 0 aromatic heterocycles. The molecule has 0 radical (unpaired) electrons. The quantitative estimate of drug-likeness (QED) is 0.612. The van der Waals surface area contributed by atoms with Crippen LogP contribution < -0.4 is 0 Å². The molecule has 0 bridgehead atoms. The Kier molecular flexibility index (Phi) is 5.35. The summed E-state index contributed by atoms with van der Waals surface area (Å²) >= 11 is 0. The molecule has 106 valence electrons. The van der Waals surface area contributed by atoms with E-state index in [0.29, 0.717) is 12.8 Å². The van der Waals surface area contributed by atoms with E-state index >= 15 is 0 Å². The number of hydrogen-bond acceptors (Lipinski definition) is 4. The van der Waals surface area contributed by atoms with Crippen LogP contribution in [0.5, 0.6) is 0 Å². The smallest absolute Gasteiger partial charge is 0.344 e. The lowest BCUT2D eigenvalue weighted by Gasteiger charge is -2.20. The van der Waals surface area contributed by atoms with Crippen LogP contribution in [0.1, 0.15) is 31.2 Å². The molecule has 1 unspecified atom stereocenters. The molecule has 0 saturated heterocycles. The van der Waals surface area contributed by atoms with Crippen LogP contribution >= 0.6 is 0 Å². The van der Waals surface area contributed by atoms with E-state index in [2.05, 4.69) is 0 Å². The van der Waals surface area contributed by atoms with Gasteiger partial charge in [-0.3, -0.25) is 4.79 Å². The van der Waals surface area contributed by atoms with Crippen LogP contribution in [0.4, 0.5) is 0 Å². The van der Waals surface area contributed by atoms with Crippen molar-refractivity contribution in [1.82, 2.24) is 0 Å². The minimum Gasteiger partial charge on any atom is -0.489 e. The molecule has 1 saturated carbocycles. The average molecular weight is 274 g/mol. The first-order valence-electron chi connectivity index (χ1n) is 6.78. The molecule has 0 N–H and O–H groups in total. The Morgan fingerprint density at radius 2 is 2.10 bits per heavy atom. The molecule has 1 atom stereocenters. The number of benzene rings is 1. The number of ketones is 1. The topological polar surface area (TPSA) is 52.6 Å². The molecule has 1 fully saturated rings. The Bertz CT molecular complexity index is 479. The summed E-state index contributed by atoms with van der Waals surface area (Å²) in [5, 5.41) is 0. The van der Waals surface area contributed by atoms with E-state index in [-0.39, 0.29) is 18.5 Å². The number of rotatable bonds is 5. The summed E-state index contributed by atoms with van der Waals surface area (Å²) in [6.45, 7) is -0.131. The second-order valence-corrected chi connectivity index (χ2v) is 4.77. The van der Waals surface area contributed by atoms with E-state index in [4.69, 9.17) is 9.47 Å². The number of hydrogen-bond donors (Lipinski definition) is 0. The Balaban J connectivity index is 1.67. The van der Waals surface area contributed by atoms with E-state index in [0.717, 1.165) is 18.4 Å². The van der Waals surface area contributed by atoms with Crippen molar-refractivity contribution in [2.75, 3.05) is 6.61 Å². The number of esters is 1. The predicted octanol–water partition coefficient (Wildman–Crippen LogP) is 2.73. The van der Waals surface area contributed by atoms with Crippen LogP contribution in [0.3, 0.4) is 0 Å². The van der Waals surface area contributed by atoms with Gasteiger partial charge < -0.3 is 9.47 Å². The van der Waals surface area contributed by atoms with Crippen molar-refractivity contribution in [2.24, 2.45) is 0 Å². The van der Waals surface area contributed by atoms with Crippen LogP contribution in [0.2, 0.25) is 0 Å². The standard InChI is InChI=1S/C16H18O4/c17-14-7-4-8-15(11-14)20-16(18)12-19-10-9-13-5-2-1-3-6-13/h1-3,5-6,9-10,15H,4,7-8,11-12H2. The fraction of sp³-hybridized carbons (Fsp3) is 0.375. The average Bonchev–Trinajstić information content (AvgIpc) is 2.45. The Hall–Kier alpha value is -2.10. The summed E-state index contributed by atoms with van der Waals surface area (Å²) in [7, 11) is 0. The van der Waals surface area contributed by atoms with Crippen LogP contribution in [0.15, 0.2) is 36.6 Å². The van der Waals surface area contributed by atoms with Gasteiger partial charge in [0.1, 0.15) is 11.9 Å². The minimum absolute atomic E-state index is 0.131. The Morgan fingerprint density at radius 1 is 1.30 bits per heavy atom. The third kappa shape index (κ3) is 4.88. The molecular formula is C16H18O4. The number of Topliss-reactive ketones (excluding diaryl/α,β-unsaturated/α-hetero) is 1. The molecule has 2 rings (SSSR count). The van der Waals surface area contributed by atoms with Gasteiger partial charge in [0.25, 0.3) is 0 Å². The fourth-order valence-corrected chi connectivity index (χ4v) is 2.11. The van der Waals surface area contributed by atoms with Crippen LogP contribution in [0, 0.1) is 0 Å². The van der Waals surface area contributed by atoms with Crippen molar-refractivity contribution in [3.63, 3.8) is 0 Å². The molecule has 20 heavy (non-hydrogen) atoms. The lowest BCUT2D eigenvalue weighted by molar-refractivity contribution is -0.154. The molecule has 4 heteroatoms. The third-order valence-corrected chi connectivity index (χ3v) is 3.09. The van der Waals surface area contributed by atoms with Crippen LogP contribution in [0.25, 0.3) is 6.08 Å². The van der Waals surface area contributed by atoms with Crippen molar-refractivity contribution >= 4 is 17.8 Å². The molecule has 1 aliphatic carbocycles. The lowest BCUT2D eigenvalue weighted by Crippen LogP contribution is -2.27. The van der Waals surface area contributed by atoms with Gasteiger partial charge in [0.05, 0.1) is 6.26 Å². The van der Waals surface area contributed by atoms with E-state index < -0.39 is 5.97 Å². The van der Waals surface area contributed by atoms with E-state index in [1.807, 2.05) is 30.3 Å². The first kappa shape index (κ1) is 14.3. The molecule has 1 aromatic rings. The molecule has 0 spiro atoms. The van der Waals surface area contributed by atoms with Gasteiger partial charge >= 0.3 is 5.97 Å². The van der Waals surface area contributed by atoms with E-state index in [9.17, 15) is 9.59 Å². The van der Waals surface area contributed by atoms with Gasteiger partial charge in [0.15, 0.2) is 6.61 Å². The van der Waals surface area contributed by atoms with Crippen molar-refractivity contribution in [3.8, 4) is 0 Å². The lowest BCUT2D eigenvalue weighted by atomic mass is 9.96. The highest BCUT2D eigenvalue weighted by molar-refractivity contribution is 5.80. The highest BCUT2D eigenvalue weighted by atomic mass is 16.6. The molecular weight excluding hydrogens is 256 g/mol. The molecule has 1 aromatic carbocycles. The van der Waals surface area contributed by atoms with Crippen molar-refractivity contribution < 1.29 is 19.1 Å². The normalized spacial score (nSPS) is 19.0. The van der Waals surface area contributed by atoms with Gasteiger partial charge in [-0.15, -0.1) is 0 Å². The Labute approximate surface area is 118 Å². The monoisotopic (exact) mass is 274 g/mol. The summed E-state index contributed by atoms with van der Waals surface area (Å²) in [5.74, 6) is -0.263. The van der Waals surface area contributed by atoms with Gasteiger partial charge in [-0.2, -0.15) is 0 Å². The summed E-state index contributed by atoms with van der Waals surface area (Å²) in [4.78, 5) is 22.8. The molecule has 0 amide bonds. The second kappa shape index (κ2) is 7.48. The molecule has 0 heterocycles. The van der Waals surface area contributed by atoms with Crippen molar-refractivity contribution in [1.29, 1.82) is 0 Å². The SMILES string of the molecule is O=C1CCCC(OC(=O)COC=Cc2ccccc2)C1. The fourth-order valence-electron chi connectivity index (χ4n) is 2.11. The summed E-state index contributed by atoms with van der Waals surface area (Å²) < 4.78 is 10.3. The summed E-state index contributed by atoms with van der Waals surface area (Å²) in [5.41, 5.74) is 0.999. The first-order valence-corrected chi connectivity index (χ1v) is 6.78. The van der Waals surface area contributed by atoms with Crippen LogP contribution in [-0.4, -0.2) is 24.5 Å². The maximum atomic E-state index is 11.5. The van der Waals surface area contributed by atoms with Gasteiger partial charge in [-0.1, -0.05) is 30.3 Å². The van der Waals surface area contributed by atoms with E-state index in [1.165, 1.54) is 6.26 Å². The highest BCUT2D eigenvalue weighted by Gasteiger charge is 2.22. The zero-order valence-corrected chi connectivity index (χ0v) is 11.3. The molecule has 4 nitrogen and oxygen atoms in total. The van der Waals surface area contributed by atoms with Gasteiger partial charge in [0.2, 0.25) is 0 Å². The van der Waals surface area contributed by atoms with Gasteiger partial charge in [0, 0.05) is 12.8 Å². The molecule has 0 aliphatic heterocycles. The zero-order valence-electron chi connectivity index (χ0n) is 11.3. The van der Waals surface area contributed by atoms with Crippen molar-refractivity contribution in [2.45, 2.75) is 31.8 Å². The second-order valence-electron chi connectivity index (χ2n) is 4.77. The maximum Gasteiger partial charge on any atom is 0.344 e. The number of carbonyl (C=O) groups is 2. The number of ether oxygens (including phenoxy) is 2. The van der Waals surface area contributed by atoms with Crippen LogP contribution in [-0.2, 0) is 19.1 Å². The highest BCUT2D eigenvalue weighted by Crippen LogP contribution is 2.17. The zero-order chi connectivity index (χ0) is 14.2. The third-order valence-electron chi connectivity index (χ3n) is 3.09.